The van der Waals surface area contributed by atoms with Gasteiger partial charge in [-0.15, -0.1) is 0 Å². The first-order chi connectivity index (χ1) is 9.43. The van der Waals surface area contributed by atoms with Crippen molar-refractivity contribution in [3.63, 3.8) is 0 Å². The first-order valence-electron chi connectivity index (χ1n) is 7.94. The van der Waals surface area contributed by atoms with E-state index in [1.807, 2.05) is 0 Å². The lowest BCUT2D eigenvalue weighted by atomic mass is 9.70. The van der Waals surface area contributed by atoms with Gasteiger partial charge in [-0.05, 0) is 74.0 Å². The molecule has 0 saturated heterocycles. The van der Waals surface area contributed by atoms with E-state index in [-0.39, 0.29) is 0 Å². The molecule has 0 heterocycles. The van der Waals surface area contributed by atoms with Gasteiger partial charge in [-0.25, -0.2) is 0 Å². The SMILES string of the molecule is Cc1cccc(C)c1CC(NN)C1CCC(C)(C)CC1. The summed E-state index contributed by atoms with van der Waals surface area (Å²) in [5, 5.41) is 0. The Morgan fingerprint density at radius 3 is 2.25 bits per heavy atom. The standard InChI is InChI=1S/C18H30N2/c1-13-6-5-7-14(2)16(13)12-17(20-19)15-8-10-18(3,4)11-9-15/h5-7,15,17,20H,8-12,19H2,1-4H3. The molecule has 1 aliphatic rings. The zero-order chi connectivity index (χ0) is 14.8. The zero-order valence-corrected chi connectivity index (χ0v) is 13.5. The zero-order valence-electron chi connectivity index (χ0n) is 13.5. The topological polar surface area (TPSA) is 38.0 Å². The molecule has 20 heavy (non-hydrogen) atoms. The summed E-state index contributed by atoms with van der Waals surface area (Å²) >= 11 is 0. The number of nitrogens with one attached hydrogen (secondary N) is 1. The van der Waals surface area contributed by atoms with E-state index in [0.29, 0.717) is 17.4 Å². The minimum absolute atomic E-state index is 0.408. The van der Waals surface area contributed by atoms with Crippen LogP contribution >= 0.6 is 0 Å². The molecule has 2 rings (SSSR count). The van der Waals surface area contributed by atoms with Crippen molar-refractivity contribution in [2.24, 2.45) is 17.2 Å². The molecule has 0 bridgehead atoms. The van der Waals surface area contributed by atoms with Gasteiger partial charge in [0.25, 0.3) is 0 Å². The molecule has 1 saturated carbocycles. The summed E-state index contributed by atoms with van der Waals surface area (Å²) in [6, 6.07) is 6.97. The van der Waals surface area contributed by atoms with E-state index in [9.17, 15) is 0 Å². The van der Waals surface area contributed by atoms with Crippen LogP contribution in [0.5, 0.6) is 0 Å². The predicted octanol–water partition coefficient (Wildman–Crippen LogP) is 3.89. The van der Waals surface area contributed by atoms with Crippen molar-refractivity contribution < 1.29 is 0 Å². The first kappa shape index (κ1) is 15.5. The third-order valence-corrected chi connectivity index (χ3v) is 5.24. The molecule has 1 atom stereocenters. The summed E-state index contributed by atoms with van der Waals surface area (Å²) in [4.78, 5) is 0. The fourth-order valence-corrected chi connectivity index (χ4v) is 3.58. The van der Waals surface area contributed by atoms with E-state index < -0.39 is 0 Å². The molecule has 0 aromatic heterocycles. The Balaban J connectivity index is 2.06. The Hall–Kier alpha value is -0.860. The van der Waals surface area contributed by atoms with Gasteiger partial charge in [0.15, 0.2) is 0 Å². The molecule has 1 aromatic rings. The van der Waals surface area contributed by atoms with Crippen LogP contribution in [0.4, 0.5) is 0 Å². The van der Waals surface area contributed by atoms with E-state index in [4.69, 9.17) is 5.84 Å². The average molecular weight is 274 g/mol. The monoisotopic (exact) mass is 274 g/mol. The summed E-state index contributed by atoms with van der Waals surface area (Å²) in [5.41, 5.74) is 7.88. The lowest BCUT2D eigenvalue weighted by Gasteiger charge is -2.38. The van der Waals surface area contributed by atoms with Crippen LogP contribution in [0.15, 0.2) is 18.2 Å². The van der Waals surface area contributed by atoms with E-state index in [0.717, 1.165) is 6.42 Å². The Morgan fingerprint density at radius 2 is 1.75 bits per heavy atom. The van der Waals surface area contributed by atoms with Crippen LogP contribution < -0.4 is 11.3 Å². The summed E-state index contributed by atoms with van der Waals surface area (Å²) < 4.78 is 0. The van der Waals surface area contributed by atoms with Crippen molar-refractivity contribution in [2.75, 3.05) is 0 Å². The van der Waals surface area contributed by atoms with Crippen molar-refractivity contribution in [2.45, 2.75) is 65.8 Å². The van der Waals surface area contributed by atoms with Crippen LogP contribution in [0, 0.1) is 25.2 Å². The Labute approximate surface area is 124 Å². The van der Waals surface area contributed by atoms with E-state index in [1.54, 1.807) is 0 Å². The van der Waals surface area contributed by atoms with Gasteiger partial charge in [0.05, 0.1) is 0 Å². The second-order valence-electron chi connectivity index (χ2n) is 7.35. The summed E-state index contributed by atoms with van der Waals surface area (Å²) in [5.74, 6) is 6.58. The van der Waals surface area contributed by atoms with Gasteiger partial charge in [0.2, 0.25) is 0 Å². The smallest absolute Gasteiger partial charge is 0.0279 e. The molecule has 112 valence electrons. The summed E-state index contributed by atoms with van der Waals surface area (Å²) in [6.45, 7) is 9.19. The maximum absolute atomic E-state index is 5.87. The average Bonchev–Trinajstić information content (AvgIpc) is 2.39. The second kappa shape index (κ2) is 6.28. The maximum atomic E-state index is 5.87. The molecule has 3 N–H and O–H groups in total. The molecule has 0 amide bonds. The van der Waals surface area contributed by atoms with Crippen LogP contribution in [-0.2, 0) is 6.42 Å². The fraction of sp³-hybridized carbons (Fsp3) is 0.667. The van der Waals surface area contributed by atoms with Crippen molar-refractivity contribution in [3.05, 3.63) is 34.9 Å². The maximum Gasteiger partial charge on any atom is 0.0279 e. The van der Waals surface area contributed by atoms with Crippen LogP contribution in [0.1, 0.15) is 56.2 Å². The van der Waals surface area contributed by atoms with Gasteiger partial charge in [-0.2, -0.15) is 0 Å². The Morgan fingerprint density at radius 1 is 1.20 bits per heavy atom. The molecular weight excluding hydrogens is 244 g/mol. The van der Waals surface area contributed by atoms with Crippen molar-refractivity contribution >= 4 is 0 Å². The van der Waals surface area contributed by atoms with Crippen LogP contribution in [0.25, 0.3) is 0 Å². The molecule has 1 unspecified atom stereocenters. The van der Waals surface area contributed by atoms with Crippen LogP contribution in [0.3, 0.4) is 0 Å². The van der Waals surface area contributed by atoms with E-state index >= 15 is 0 Å². The lowest BCUT2D eigenvalue weighted by molar-refractivity contribution is 0.161. The normalized spacial score (nSPS) is 20.9. The van der Waals surface area contributed by atoms with E-state index in [2.05, 4.69) is 51.3 Å². The minimum Gasteiger partial charge on any atom is -0.271 e. The molecule has 0 radical (unpaired) electrons. The molecule has 0 spiro atoms. The molecule has 1 aromatic carbocycles. The van der Waals surface area contributed by atoms with Gasteiger partial charge in [-0.1, -0.05) is 32.0 Å². The molecular formula is C18H30N2. The van der Waals surface area contributed by atoms with Crippen molar-refractivity contribution in [1.29, 1.82) is 0 Å². The third kappa shape index (κ3) is 3.62. The Kier molecular flexibility index (Phi) is 4.87. The van der Waals surface area contributed by atoms with Gasteiger partial charge in [0, 0.05) is 6.04 Å². The van der Waals surface area contributed by atoms with Gasteiger partial charge in [-0.3, -0.25) is 11.3 Å². The number of aryl methyl sites for hydroxylation is 2. The number of hydrogen-bond acceptors (Lipinski definition) is 2. The number of rotatable bonds is 4. The number of nitrogens with two attached hydrogens (primary N) is 1. The fourth-order valence-electron chi connectivity index (χ4n) is 3.58. The van der Waals surface area contributed by atoms with Crippen LogP contribution in [0.2, 0.25) is 0 Å². The summed E-state index contributed by atoms with van der Waals surface area (Å²) in [6.07, 6.45) is 6.30. The third-order valence-electron chi connectivity index (χ3n) is 5.24. The number of hydrogen-bond donors (Lipinski definition) is 2. The Bertz CT molecular complexity index is 420. The van der Waals surface area contributed by atoms with Crippen LogP contribution in [-0.4, -0.2) is 6.04 Å². The van der Waals surface area contributed by atoms with Gasteiger partial charge in [0.1, 0.15) is 0 Å². The highest BCUT2D eigenvalue weighted by Crippen LogP contribution is 2.39. The van der Waals surface area contributed by atoms with Crippen molar-refractivity contribution in [3.8, 4) is 0 Å². The minimum atomic E-state index is 0.408. The van der Waals surface area contributed by atoms with Crippen molar-refractivity contribution in [1.82, 2.24) is 5.43 Å². The number of hydrazine groups is 1. The molecule has 2 heteroatoms. The first-order valence-corrected chi connectivity index (χ1v) is 7.94. The van der Waals surface area contributed by atoms with E-state index in [1.165, 1.54) is 42.4 Å². The van der Waals surface area contributed by atoms with Gasteiger partial charge >= 0.3 is 0 Å². The molecule has 1 fully saturated rings. The van der Waals surface area contributed by atoms with Gasteiger partial charge < -0.3 is 0 Å². The predicted molar refractivity (Wildman–Crippen MR) is 86.5 cm³/mol. The molecule has 1 aliphatic carbocycles. The highest BCUT2D eigenvalue weighted by Gasteiger charge is 2.31. The highest BCUT2D eigenvalue weighted by atomic mass is 15.2. The second-order valence-corrected chi connectivity index (χ2v) is 7.35. The largest absolute Gasteiger partial charge is 0.271 e. The summed E-state index contributed by atoms with van der Waals surface area (Å²) in [7, 11) is 0. The molecule has 2 nitrogen and oxygen atoms in total. The number of benzene rings is 1. The highest BCUT2D eigenvalue weighted by molar-refractivity contribution is 5.34. The lowest BCUT2D eigenvalue weighted by Crippen LogP contribution is -2.44. The quantitative estimate of drug-likeness (QED) is 0.645. The molecule has 0 aliphatic heterocycles.